The molecule has 1 atom stereocenters. The van der Waals surface area contributed by atoms with Crippen LogP contribution >= 0.6 is 0 Å². The predicted octanol–water partition coefficient (Wildman–Crippen LogP) is 2.80. The lowest BCUT2D eigenvalue weighted by Gasteiger charge is -2.13. The second-order valence-electron chi connectivity index (χ2n) is 4.06. The van der Waals surface area contributed by atoms with Gasteiger partial charge in [-0.15, -0.1) is 6.42 Å². The first-order valence-electron chi connectivity index (χ1n) is 5.72. The van der Waals surface area contributed by atoms with Crippen LogP contribution in [0.5, 0.6) is 0 Å². The number of terminal acetylenes is 1. The Morgan fingerprint density at radius 3 is 2.67 bits per heavy atom. The molecule has 4 heteroatoms. The summed E-state index contributed by atoms with van der Waals surface area (Å²) in [4.78, 5) is 11.8. The highest BCUT2D eigenvalue weighted by Crippen LogP contribution is 2.14. The lowest BCUT2D eigenvalue weighted by Crippen LogP contribution is -2.34. The molecule has 18 heavy (non-hydrogen) atoms. The van der Waals surface area contributed by atoms with Gasteiger partial charge in [-0.05, 0) is 25.0 Å². The van der Waals surface area contributed by atoms with Crippen LogP contribution in [0.2, 0.25) is 0 Å². The van der Waals surface area contributed by atoms with E-state index in [4.69, 9.17) is 6.42 Å². The standard InChI is InChI=1S/C14H15F2NO/c1-4-6-10(5-2)17-14(18)11-7-9(3)12(15)8-13(11)16/h2,7-8,10H,4,6H2,1,3H3,(H,17,18). The minimum atomic E-state index is -0.886. The summed E-state index contributed by atoms with van der Waals surface area (Å²) < 4.78 is 26.5. The van der Waals surface area contributed by atoms with Crippen LogP contribution in [0.4, 0.5) is 8.78 Å². The number of hydrogen-bond acceptors (Lipinski definition) is 1. The second-order valence-corrected chi connectivity index (χ2v) is 4.06. The monoisotopic (exact) mass is 251 g/mol. The van der Waals surface area contributed by atoms with Crippen molar-refractivity contribution in [2.24, 2.45) is 0 Å². The van der Waals surface area contributed by atoms with E-state index in [0.717, 1.165) is 6.42 Å². The molecule has 1 amide bonds. The van der Waals surface area contributed by atoms with E-state index < -0.39 is 23.6 Å². The summed E-state index contributed by atoms with van der Waals surface area (Å²) in [6.45, 7) is 3.40. The van der Waals surface area contributed by atoms with E-state index in [1.165, 1.54) is 13.0 Å². The molecule has 0 heterocycles. The number of carbonyl (C=O) groups is 1. The van der Waals surface area contributed by atoms with Crippen LogP contribution in [0.15, 0.2) is 12.1 Å². The molecule has 0 aliphatic heterocycles. The first kappa shape index (κ1) is 14.2. The molecule has 0 saturated heterocycles. The normalized spacial score (nSPS) is 11.7. The summed E-state index contributed by atoms with van der Waals surface area (Å²) in [7, 11) is 0. The Labute approximate surface area is 105 Å². The van der Waals surface area contributed by atoms with E-state index in [0.29, 0.717) is 12.5 Å². The molecule has 1 aromatic carbocycles. The molecule has 96 valence electrons. The van der Waals surface area contributed by atoms with Gasteiger partial charge in [-0.1, -0.05) is 19.3 Å². The summed E-state index contributed by atoms with van der Waals surface area (Å²) in [6, 6.07) is 1.45. The highest BCUT2D eigenvalue weighted by Gasteiger charge is 2.16. The molecule has 0 aliphatic rings. The van der Waals surface area contributed by atoms with Gasteiger partial charge in [0.2, 0.25) is 0 Å². The number of halogens is 2. The van der Waals surface area contributed by atoms with E-state index in [1.54, 1.807) is 0 Å². The summed E-state index contributed by atoms with van der Waals surface area (Å²) in [5.41, 5.74) is 0.0274. The molecule has 1 unspecified atom stereocenters. The molecule has 0 radical (unpaired) electrons. The van der Waals surface area contributed by atoms with Crippen molar-refractivity contribution in [1.29, 1.82) is 0 Å². The quantitative estimate of drug-likeness (QED) is 0.819. The maximum absolute atomic E-state index is 13.5. The van der Waals surface area contributed by atoms with E-state index in [2.05, 4.69) is 11.2 Å². The van der Waals surface area contributed by atoms with Crippen LogP contribution in [-0.4, -0.2) is 11.9 Å². The third kappa shape index (κ3) is 3.30. The van der Waals surface area contributed by atoms with E-state index in [1.807, 2.05) is 6.92 Å². The van der Waals surface area contributed by atoms with Gasteiger partial charge in [0.05, 0.1) is 11.6 Å². The lowest BCUT2D eigenvalue weighted by molar-refractivity contribution is 0.0940. The zero-order valence-electron chi connectivity index (χ0n) is 10.4. The topological polar surface area (TPSA) is 29.1 Å². The third-order valence-corrected chi connectivity index (χ3v) is 2.58. The molecule has 0 aliphatic carbocycles. The maximum Gasteiger partial charge on any atom is 0.255 e. The van der Waals surface area contributed by atoms with Crippen molar-refractivity contribution in [3.8, 4) is 12.3 Å². The number of amides is 1. The number of rotatable bonds is 4. The maximum atomic E-state index is 13.5. The van der Waals surface area contributed by atoms with Crippen LogP contribution in [0.1, 0.15) is 35.7 Å². The largest absolute Gasteiger partial charge is 0.338 e. The summed E-state index contributed by atoms with van der Waals surface area (Å²) >= 11 is 0. The minimum Gasteiger partial charge on any atom is -0.338 e. The second kappa shape index (κ2) is 6.15. The first-order chi connectivity index (χ1) is 8.49. The van der Waals surface area contributed by atoms with Crippen molar-refractivity contribution < 1.29 is 13.6 Å². The SMILES string of the molecule is C#CC(CCC)NC(=O)c1cc(C)c(F)cc1F. The fraction of sp³-hybridized carbons (Fsp3) is 0.357. The van der Waals surface area contributed by atoms with Crippen molar-refractivity contribution in [3.63, 3.8) is 0 Å². The van der Waals surface area contributed by atoms with Crippen LogP contribution in [0.3, 0.4) is 0 Å². The third-order valence-electron chi connectivity index (χ3n) is 2.58. The zero-order chi connectivity index (χ0) is 13.7. The van der Waals surface area contributed by atoms with Crippen LogP contribution in [0, 0.1) is 30.9 Å². The Hall–Kier alpha value is -1.89. The van der Waals surface area contributed by atoms with Gasteiger partial charge in [-0.3, -0.25) is 4.79 Å². The molecule has 1 N–H and O–H groups in total. The fourth-order valence-electron chi connectivity index (χ4n) is 1.55. The van der Waals surface area contributed by atoms with Gasteiger partial charge in [0.15, 0.2) is 0 Å². The van der Waals surface area contributed by atoms with Crippen molar-refractivity contribution in [2.75, 3.05) is 0 Å². The highest BCUT2D eigenvalue weighted by molar-refractivity contribution is 5.95. The van der Waals surface area contributed by atoms with Crippen LogP contribution < -0.4 is 5.32 Å². The highest BCUT2D eigenvalue weighted by atomic mass is 19.1. The summed E-state index contributed by atoms with van der Waals surface area (Å²) in [6.07, 6.45) is 6.68. The molecule has 1 rings (SSSR count). The molecule has 2 nitrogen and oxygen atoms in total. The average molecular weight is 251 g/mol. The van der Waals surface area contributed by atoms with Gasteiger partial charge < -0.3 is 5.32 Å². The Morgan fingerprint density at radius 2 is 2.11 bits per heavy atom. The smallest absolute Gasteiger partial charge is 0.255 e. The number of hydrogen-bond donors (Lipinski definition) is 1. The molecule has 0 bridgehead atoms. The molecular formula is C14H15F2NO. The predicted molar refractivity (Wildman–Crippen MR) is 66.1 cm³/mol. The Morgan fingerprint density at radius 1 is 1.44 bits per heavy atom. The number of nitrogens with one attached hydrogen (secondary N) is 1. The zero-order valence-corrected chi connectivity index (χ0v) is 10.4. The lowest BCUT2D eigenvalue weighted by atomic mass is 10.1. The average Bonchev–Trinajstić information content (AvgIpc) is 2.33. The van der Waals surface area contributed by atoms with Crippen molar-refractivity contribution >= 4 is 5.91 Å². The number of benzene rings is 1. The Bertz CT molecular complexity index is 491. The molecule has 0 saturated carbocycles. The fourth-order valence-corrected chi connectivity index (χ4v) is 1.55. The molecule has 0 spiro atoms. The van der Waals surface area contributed by atoms with E-state index in [-0.39, 0.29) is 11.1 Å². The Balaban J connectivity index is 2.91. The van der Waals surface area contributed by atoms with E-state index in [9.17, 15) is 13.6 Å². The van der Waals surface area contributed by atoms with Crippen LogP contribution in [0.25, 0.3) is 0 Å². The van der Waals surface area contributed by atoms with Gasteiger partial charge in [-0.2, -0.15) is 0 Å². The van der Waals surface area contributed by atoms with Crippen LogP contribution in [-0.2, 0) is 0 Å². The minimum absolute atomic E-state index is 0.190. The van der Waals surface area contributed by atoms with Gasteiger partial charge in [0, 0.05) is 6.07 Å². The first-order valence-corrected chi connectivity index (χ1v) is 5.72. The number of aryl methyl sites for hydroxylation is 1. The summed E-state index contributed by atoms with van der Waals surface area (Å²) in [5, 5.41) is 2.53. The van der Waals surface area contributed by atoms with Gasteiger partial charge in [0.1, 0.15) is 11.6 Å². The van der Waals surface area contributed by atoms with Gasteiger partial charge in [-0.25, -0.2) is 8.78 Å². The van der Waals surface area contributed by atoms with Crippen molar-refractivity contribution in [3.05, 3.63) is 34.9 Å². The van der Waals surface area contributed by atoms with Gasteiger partial charge in [0.25, 0.3) is 5.91 Å². The Kier molecular flexibility index (Phi) is 4.85. The van der Waals surface area contributed by atoms with Crippen molar-refractivity contribution in [1.82, 2.24) is 5.32 Å². The molecular weight excluding hydrogens is 236 g/mol. The van der Waals surface area contributed by atoms with Crippen molar-refractivity contribution in [2.45, 2.75) is 32.7 Å². The summed E-state index contributed by atoms with van der Waals surface area (Å²) in [5.74, 6) is 0.241. The molecule has 0 fully saturated rings. The molecule has 1 aromatic rings. The van der Waals surface area contributed by atoms with E-state index >= 15 is 0 Å². The number of carbonyl (C=O) groups excluding carboxylic acids is 1. The van der Waals surface area contributed by atoms with Gasteiger partial charge >= 0.3 is 0 Å². The molecule has 0 aromatic heterocycles.